The van der Waals surface area contributed by atoms with Crippen LogP contribution in [0.3, 0.4) is 0 Å². The minimum Gasteiger partial charge on any atom is -0.481 e. The second-order valence-electron chi connectivity index (χ2n) is 5.29. The number of carbonyl (C=O) groups excluding carboxylic acids is 2. The zero-order valence-electron chi connectivity index (χ0n) is 12.8. The van der Waals surface area contributed by atoms with Crippen molar-refractivity contribution in [2.45, 2.75) is 52.6 Å². The molecule has 0 aromatic carbocycles. The number of carboxylic acid groups (broad SMARTS) is 1. The predicted molar refractivity (Wildman–Crippen MR) is 75.4 cm³/mol. The summed E-state index contributed by atoms with van der Waals surface area (Å²) in [4.78, 5) is 36.0. The quantitative estimate of drug-likeness (QED) is 0.645. The molecule has 0 spiro atoms. The third kappa shape index (κ3) is 6.40. The number of hydrogen-bond acceptors (Lipinski definition) is 3. The van der Waals surface area contributed by atoms with Gasteiger partial charge in [0.05, 0.1) is 6.42 Å². The van der Waals surface area contributed by atoms with E-state index >= 15 is 0 Å². The minimum atomic E-state index is -0.998. The van der Waals surface area contributed by atoms with Gasteiger partial charge < -0.3 is 20.6 Å². The van der Waals surface area contributed by atoms with Crippen molar-refractivity contribution in [2.75, 3.05) is 13.1 Å². The summed E-state index contributed by atoms with van der Waals surface area (Å²) in [5.41, 5.74) is -0.881. The van der Waals surface area contributed by atoms with E-state index in [1.165, 1.54) is 0 Å². The van der Waals surface area contributed by atoms with E-state index in [9.17, 15) is 14.4 Å². The average molecular weight is 287 g/mol. The molecule has 7 nitrogen and oxygen atoms in total. The van der Waals surface area contributed by atoms with Crippen LogP contribution >= 0.6 is 0 Å². The first-order chi connectivity index (χ1) is 9.12. The third-order valence-electron chi connectivity index (χ3n) is 2.84. The molecule has 3 amide bonds. The second-order valence-corrected chi connectivity index (χ2v) is 5.29. The fourth-order valence-electron chi connectivity index (χ4n) is 1.83. The molecule has 7 heteroatoms. The average Bonchev–Trinajstić information content (AvgIpc) is 2.27. The fourth-order valence-corrected chi connectivity index (χ4v) is 1.83. The summed E-state index contributed by atoms with van der Waals surface area (Å²) in [6, 6.07) is -1.21. The van der Waals surface area contributed by atoms with Crippen LogP contribution in [0.1, 0.15) is 41.0 Å². The smallest absolute Gasteiger partial charge is 0.315 e. The van der Waals surface area contributed by atoms with Crippen LogP contribution in [0.25, 0.3) is 0 Å². The number of carboxylic acids is 1. The number of nitrogens with one attached hydrogen (secondary N) is 2. The highest BCUT2D eigenvalue weighted by Gasteiger charge is 2.26. The van der Waals surface area contributed by atoms with Crippen LogP contribution in [0.2, 0.25) is 0 Å². The molecule has 0 saturated heterocycles. The highest BCUT2D eigenvalue weighted by atomic mass is 16.4. The minimum absolute atomic E-state index is 0.166. The number of carbonyl (C=O) groups is 3. The van der Waals surface area contributed by atoms with Gasteiger partial charge in [-0.2, -0.15) is 0 Å². The Morgan fingerprint density at radius 2 is 1.70 bits per heavy atom. The largest absolute Gasteiger partial charge is 0.481 e. The molecule has 0 heterocycles. The molecule has 0 aliphatic carbocycles. The van der Waals surface area contributed by atoms with E-state index in [1.807, 2.05) is 13.8 Å². The van der Waals surface area contributed by atoms with Crippen LogP contribution in [0, 0.1) is 0 Å². The molecule has 0 aromatic heterocycles. The monoisotopic (exact) mass is 287 g/mol. The lowest BCUT2D eigenvalue weighted by molar-refractivity contribution is -0.138. The molecule has 0 bridgehead atoms. The Labute approximate surface area is 119 Å². The highest BCUT2D eigenvalue weighted by molar-refractivity contribution is 5.87. The van der Waals surface area contributed by atoms with Crippen molar-refractivity contribution in [3.63, 3.8) is 0 Å². The number of likely N-dealkylation sites (N-methyl/N-ethyl adjacent to an activating group) is 1. The first-order valence-electron chi connectivity index (χ1n) is 6.72. The number of aliphatic carboxylic acids is 1. The molecular formula is C13H25N3O4. The summed E-state index contributed by atoms with van der Waals surface area (Å²) < 4.78 is 0. The Balaban J connectivity index is 4.46. The Bertz CT molecular complexity index is 365. The van der Waals surface area contributed by atoms with E-state index in [1.54, 1.807) is 25.7 Å². The van der Waals surface area contributed by atoms with Crippen molar-refractivity contribution >= 4 is 17.9 Å². The summed E-state index contributed by atoms with van der Waals surface area (Å²) in [6.07, 6.45) is -0.196. The van der Waals surface area contributed by atoms with Gasteiger partial charge in [-0.1, -0.05) is 0 Å². The van der Waals surface area contributed by atoms with Gasteiger partial charge in [0.2, 0.25) is 5.91 Å². The molecule has 0 aromatic rings. The summed E-state index contributed by atoms with van der Waals surface area (Å²) in [7, 11) is 0. The lowest BCUT2D eigenvalue weighted by atomic mass is 10.0. The van der Waals surface area contributed by atoms with Crippen molar-refractivity contribution in [1.29, 1.82) is 0 Å². The van der Waals surface area contributed by atoms with Gasteiger partial charge >= 0.3 is 12.0 Å². The Morgan fingerprint density at radius 1 is 1.20 bits per heavy atom. The van der Waals surface area contributed by atoms with E-state index in [-0.39, 0.29) is 12.3 Å². The molecule has 116 valence electrons. The zero-order valence-corrected chi connectivity index (χ0v) is 12.8. The fraction of sp³-hybridized carbons (Fsp3) is 0.769. The Hall–Kier alpha value is -1.79. The van der Waals surface area contributed by atoms with Crippen LogP contribution in [0.15, 0.2) is 0 Å². The van der Waals surface area contributed by atoms with E-state index < -0.39 is 23.6 Å². The van der Waals surface area contributed by atoms with Crippen molar-refractivity contribution < 1.29 is 19.5 Å². The standard InChI is InChI=1S/C13H25N3O4/c1-6-16(7-2)11(19)9(3)14-12(20)15-13(4,5)8-10(17)18/h9H,6-8H2,1-5H3,(H,17,18)(H2,14,15,20). The number of rotatable bonds is 7. The Kier molecular flexibility index (Phi) is 7.02. The molecule has 0 rings (SSSR count). The van der Waals surface area contributed by atoms with Gasteiger partial charge in [0.15, 0.2) is 0 Å². The summed E-state index contributed by atoms with van der Waals surface area (Å²) >= 11 is 0. The van der Waals surface area contributed by atoms with Crippen LogP contribution < -0.4 is 10.6 Å². The zero-order chi connectivity index (χ0) is 15.9. The second kappa shape index (κ2) is 7.72. The van der Waals surface area contributed by atoms with Crippen LogP contribution in [-0.2, 0) is 9.59 Å². The van der Waals surface area contributed by atoms with Crippen LogP contribution in [0.4, 0.5) is 4.79 Å². The number of hydrogen-bond donors (Lipinski definition) is 3. The molecule has 1 unspecified atom stereocenters. The van der Waals surface area contributed by atoms with E-state index in [4.69, 9.17) is 5.11 Å². The Morgan fingerprint density at radius 3 is 2.10 bits per heavy atom. The molecular weight excluding hydrogens is 262 g/mol. The number of amides is 3. The molecule has 1 atom stereocenters. The van der Waals surface area contributed by atoms with Crippen LogP contribution in [-0.4, -0.2) is 52.6 Å². The van der Waals surface area contributed by atoms with E-state index in [0.29, 0.717) is 13.1 Å². The molecule has 0 fully saturated rings. The van der Waals surface area contributed by atoms with Crippen LogP contribution in [0.5, 0.6) is 0 Å². The van der Waals surface area contributed by atoms with Gasteiger partial charge in [-0.15, -0.1) is 0 Å². The summed E-state index contributed by atoms with van der Waals surface area (Å²) in [5, 5.41) is 13.8. The molecule has 20 heavy (non-hydrogen) atoms. The molecule has 0 aliphatic rings. The van der Waals surface area contributed by atoms with Crippen molar-refractivity contribution in [2.24, 2.45) is 0 Å². The molecule has 0 saturated carbocycles. The third-order valence-corrected chi connectivity index (χ3v) is 2.84. The lowest BCUT2D eigenvalue weighted by Crippen LogP contribution is -2.54. The van der Waals surface area contributed by atoms with Gasteiger partial charge in [-0.3, -0.25) is 9.59 Å². The predicted octanol–water partition coefficient (Wildman–Crippen LogP) is 0.796. The van der Waals surface area contributed by atoms with Gasteiger partial charge in [-0.05, 0) is 34.6 Å². The SMILES string of the molecule is CCN(CC)C(=O)C(C)NC(=O)NC(C)(C)CC(=O)O. The molecule has 0 radical (unpaired) electrons. The lowest BCUT2D eigenvalue weighted by Gasteiger charge is -2.27. The maximum absolute atomic E-state index is 12.0. The molecule has 3 N–H and O–H groups in total. The van der Waals surface area contributed by atoms with Gasteiger partial charge in [0.25, 0.3) is 0 Å². The number of urea groups is 1. The van der Waals surface area contributed by atoms with E-state index in [2.05, 4.69) is 10.6 Å². The maximum Gasteiger partial charge on any atom is 0.315 e. The first kappa shape index (κ1) is 18.2. The van der Waals surface area contributed by atoms with Crippen molar-refractivity contribution in [3.05, 3.63) is 0 Å². The number of nitrogens with zero attached hydrogens (tertiary/aromatic N) is 1. The van der Waals surface area contributed by atoms with Gasteiger partial charge in [0, 0.05) is 18.6 Å². The van der Waals surface area contributed by atoms with E-state index in [0.717, 1.165) is 0 Å². The van der Waals surface area contributed by atoms with Crippen molar-refractivity contribution in [1.82, 2.24) is 15.5 Å². The maximum atomic E-state index is 12.0. The molecule has 0 aliphatic heterocycles. The summed E-state index contributed by atoms with van der Waals surface area (Å²) in [6.45, 7) is 9.70. The normalized spacial score (nSPS) is 12.4. The van der Waals surface area contributed by atoms with Gasteiger partial charge in [0.1, 0.15) is 6.04 Å². The topological polar surface area (TPSA) is 98.7 Å². The van der Waals surface area contributed by atoms with Gasteiger partial charge in [-0.25, -0.2) is 4.79 Å². The van der Waals surface area contributed by atoms with Crippen molar-refractivity contribution in [3.8, 4) is 0 Å². The highest BCUT2D eigenvalue weighted by Crippen LogP contribution is 2.07. The summed E-state index contributed by atoms with van der Waals surface area (Å²) in [5.74, 6) is -1.16. The first-order valence-corrected chi connectivity index (χ1v) is 6.72.